The minimum atomic E-state index is -0.495. The van der Waals surface area contributed by atoms with Gasteiger partial charge in [-0.15, -0.1) is 0 Å². The quantitative estimate of drug-likeness (QED) is 0.145. The van der Waals surface area contributed by atoms with Crippen molar-refractivity contribution in [3.8, 4) is 0 Å². The molecule has 0 atom stereocenters. The summed E-state index contributed by atoms with van der Waals surface area (Å²) in [6, 6.07) is 0. The fraction of sp³-hybridized carbons (Fsp3) is 0.750. The van der Waals surface area contributed by atoms with Crippen molar-refractivity contribution in [3.05, 3.63) is 24.1 Å². The first kappa shape index (κ1) is 21.9. The summed E-state index contributed by atoms with van der Waals surface area (Å²) < 4.78 is 18.1. The number of carbonyl (C=O) groups is 1. The van der Waals surface area contributed by atoms with E-state index in [4.69, 9.17) is 0 Å². The molecule has 0 unspecified atom stereocenters. The van der Waals surface area contributed by atoms with E-state index in [0.717, 1.165) is 25.3 Å². The van der Waals surface area contributed by atoms with Gasteiger partial charge in [-0.1, -0.05) is 71.1 Å². The molecule has 0 bridgehead atoms. The summed E-state index contributed by atoms with van der Waals surface area (Å²) in [5, 5.41) is 0. The zero-order valence-corrected chi connectivity index (χ0v) is 15.1. The average Bonchev–Trinajstić information content (AvgIpc) is 2.54. The van der Waals surface area contributed by atoms with Crippen LogP contribution in [0.15, 0.2) is 24.1 Å². The van der Waals surface area contributed by atoms with Gasteiger partial charge in [0.05, 0.1) is 6.61 Å². The minimum Gasteiger partial charge on any atom is -0.463 e. The molecule has 134 valence electrons. The molecule has 0 rings (SSSR count). The van der Waals surface area contributed by atoms with Crippen LogP contribution in [-0.2, 0) is 9.53 Å². The summed E-state index contributed by atoms with van der Waals surface area (Å²) in [6.07, 6.45) is 18.8. The van der Waals surface area contributed by atoms with Crippen LogP contribution in [-0.4, -0.2) is 12.6 Å². The molecule has 0 aromatic carbocycles. The van der Waals surface area contributed by atoms with E-state index in [-0.39, 0.29) is 5.83 Å². The first-order valence-corrected chi connectivity index (χ1v) is 9.41. The van der Waals surface area contributed by atoms with Crippen LogP contribution in [0.2, 0.25) is 0 Å². The number of hydrogen-bond donors (Lipinski definition) is 0. The zero-order chi connectivity index (χ0) is 17.2. The highest BCUT2D eigenvalue weighted by molar-refractivity contribution is 5.82. The van der Waals surface area contributed by atoms with Gasteiger partial charge in [0.15, 0.2) is 0 Å². The molecule has 3 heteroatoms. The minimum absolute atomic E-state index is 0.313. The monoisotopic (exact) mass is 326 g/mol. The Labute approximate surface area is 142 Å². The molecule has 0 heterocycles. The molecule has 0 N–H and O–H groups in total. The van der Waals surface area contributed by atoms with Gasteiger partial charge >= 0.3 is 5.97 Å². The van der Waals surface area contributed by atoms with Gasteiger partial charge in [-0.3, -0.25) is 0 Å². The number of ether oxygens (including phenoxy) is 1. The maximum absolute atomic E-state index is 13.4. The molecule has 0 spiro atoms. The van der Waals surface area contributed by atoms with Crippen LogP contribution >= 0.6 is 0 Å². The smallest absolute Gasteiger partial charge is 0.330 e. The Morgan fingerprint density at radius 3 is 1.87 bits per heavy atom. The third kappa shape index (κ3) is 17.1. The first-order chi connectivity index (χ1) is 11.2. The number of carbonyl (C=O) groups excluding carboxylic acids is 1. The highest BCUT2D eigenvalue weighted by Crippen LogP contribution is 2.12. The maximum atomic E-state index is 13.4. The van der Waals surface area contributed by atoms with Gasteiger partial charge in [-0.25, -0.2) is 9.18 Å². The summed E-state index contributed by atoms with van der Waals surface area (Å²) >= 11 is 0. The van der Waals surface area contributed by atoms with Crippen LogP contribution in [0, 0.1) is 0 Å². The molecule has 0 aromatic heterocycles. The van der Waals surface area contributed by atoms with Crippen LogP contribution in [0.4, 0.5) is 4.39 Å². The number of halogens is 1. The van der Waals surface area contributed by atoms with Crippen LogP contribution in [0.1, 0.15) is 90.9 Å². The second-order valence-corrected chi connectivity index (χ2v) is 6.00. The van der Waals surface area contributed by atoms with Crippen LogP contribution < -0.4 is 0 Å². The number of rotatable bonds is 15. The zero-order valence-electron chi connectivity index (χ0n) is 15.1. The summed E-state index contributed by atoms with van der Waals surface area (Å²) in [6.45, 7) is 4.29. The largest absolute Gasteiger partial charge is 0.463 e. The Morgan fingerprint density at radius 2 is 1.35 bits per heavy atom. The normalized spacial score (nSPS) is 12.0. The van der Waals surface area contributed by atoms with Gasteiger partial charge in [0.25, 0.3) is 0 Å². The van der Waals surface area contributed by atoms with E-state index in [9.17, 15) is 9.18 Å². The molecule has 0 aliphatic rings. The molecule has 0 saturated heterocycles. The lowest BCUT2D eigenvalue weighted by Crippen LogP contribution is -1.98. The van der Waals surface area contributed by atoms with Gasteiger partial charge in [-0.2, -0.15) is 0 Å². The van der Waals surface area contributed by atoms with Gasteiger partial charge in [-0.05, 0) is 31.9 Å². The number of esters is 1. The maximum Gasteiger partial charge on any atom is 0.330 e. The SMILES string of the molecule is CCCCCCCCCCCCC/C=C(F)/C=C/C(=O)OCC. The van der Waals surface area contributed by atoms with Crippen LogP contribution in [0.25, 0.3) is 0 Å². The van der Waals surface area contributed by atoms with Crippen molar-refractivity contribution >= 4 is 5.97 Å². The Morgan fingerprint density at radius 1 is 0.826 bits per heavy atom. The summed E-state index contributed by atoms with van der Waals surface area (Å²) in [5.41, 5.74) is 0. The Bertz CT molecular complexity index is 335. The summed E-state index contributed by atoms with van der Waals surface area (Å²) in [7, 11) is 0. The standard InChI is InChI=1S/C20H35FO2/c1-3-5-6-7-8-9-10-11-12-13-14-15-16-19(21)17-18-20(22)23-4-2/h16-18H,3-15H2,1-2H3/b18-17+,19-16-. The van der Waals surface area contributed by atoms with E-state index in [1.54, 1.807) is 13.0 Å². The van der Waals surface area contributed by atoms with Gasteiger partial charge < -0.3 is 4.74 Å². The molecule has 0 radical (unpaired) electrons. The van der Waals surface area contributed by atoms with Crippen molar-refractivity contribution in [3.63, 3.8) is 0 Å². The van der Waals surface area contributed by atoms with Gasteiger partial charge in [0.1, 0.15) is 5.83 Å². The molecule has 0 saturated carbocycles. The predicted molar refractivity (Wildman–Crippen MR) is 96.0 cm³/mol. The van der Waals surface area contributed by atoms with Crippen molar-refractivity contribution in [2.45, 2.75) is 90.9 Å². The molecule has 0 aliphatic heterocycles. The van der Waals surface area contributed by atoms with Crippen molar-refractivity contribution in [1.29, 1.82) is 0 Å². The fourth-order valence-electron chi connectivity index (χ4n) is 2.45. The van der Waals surface area contributed by atoms with E-state index < -0.39 is 5.97 Å². The predicted octanol–water partition coefficient (Wildman–Crippen LogP) is 6.66. The molecule has 2 nitrogen and oxygen atoms in total. The van der Waals surface area contributed by atoms with Crippen molar-refractivity contribution in [2.24, 2.45) is 0 Å². The van der Waals surface area contributed by atoms with E-state index in [1.807, 2.05) is 0 Å². The molecule has 0 amide bonds. The second kappa shape index (κ2) is 17.2. The lowest BCUT2D eigenvalue weighted by Gasteiger charge is -2.01. The molecule has 0 fully saturated rings. The van der Waals surface area contributed by atoms with Crippen molar-refractivity contribution in [2.75, 3.05) is 6.61 Å². The lowest BCUT2D eigenvalue weighted by atomic mass is 10.1. The molecule has 23 heavy (non-hydrogen) atoms. The van der Waals surface area contributed by atoms with Crippen LogP contribution in [0.3, 0.4) is 0 Å². The number of hydrogen-bond acceptors (Lipinski definition) is 2. The summed E-state index contributed by atoms with van der Waals surface area (Å²) in [5.74, 6) is -0.851. The first-order valence-electron chi connectivity index (χ1n) is 9.41. The van der Waals surface area contributed by atoms with Crippen LogP contribution in [0.5, 0.6) is 0 Å². The molecular formula is C20H35FO2. The van der Waals surface area contributed by atoms with E-state index in [2.05, 4.69) is 11.7 Å². The van der Waals surface area contributed by atoms with Gasteiger partial charge in [0.2, 0.25) is 0 Å². The van der Waals surface area contributed by atoms with E-state index >= 15 is 0 Å². The topological polar surface area (TPSA) is 26.3 Å². The Balaban J connectivity index is 3.40. The third-order valence-corrected chi connectivity index (χ3v) is 3.81. The fourth-order valence-corrected chi connectivity index (χ4v) is 2.45. The molecular weight excluding hydrogens is 291 g/mol. The van der Waals surface area contributed by atoms with Crippen molar-refractivity contribution < 1.29 is 13.9 Å². The highest BCUT2D eigenvalue weighted by atomic mass is 19.1. The Kier molecular flexibility index (Phi) is 16.4. The van der Waals surface area contributed by atoms with Crippen molar-refractivity contribution in [1.82, 2.24) is 0 Å². The second-order valence-electron chi connectivity index (χ2n) is 6.00. The summed E-state index contributed by atoms with van der Waals surface area (Å²) in [4.78, 5) is 11.0. The highest BCUT2D eigenvalue weighted by Gasteiger charge is 1.96. The number of unbranched alkanes of at least 4 members (excludes halogenated alkanes) is 11. The van der Waals surface area contributed by atoms with E-state index in [1.165, 1.54) is 63.9 Å². The van der Waals surface area contributed by atoms with E-state index in [0.29, 0.717) is 6.61 Å². The Hall–Kier alpha value is -1.12. The molecule has 0 aliphatic carbocycles. The lowest BCUT2D eigenvalue weighted by molar-refractivity contribution is -0.137. The van der Waals surface area contributed by atoms with Gasteiger partial charge in [0, 0.05) is 6.08 Å². The molecule has 0 aromatic rings. The average molecular weight is 326 g/mol. The third-order valence-electron chi connectivity index (χ3n) is 3.81. The number of allylic oxidation sites excluding steroid dienone is 3.